The number of nitrogens with zero attached hydrogens (tertiary/aromatic N) is 2. The fraction of sp³-hybridized carbons (Fsp3) is 0.182. The predicted molar refractivity (Wildman–Crippen MR) is 115 cm³/mol. The van der Waals surface area contributed by atoms with E-state index in [-0.39, 0.29) is 5.75 Å². The topological polar surface area (TPSA) is 70.1 Å². The van der Waals surface area contributed by atoms with Gasteiger partial charge in [-0.05, 0) is 65.2 Å². The first-order valence-electron chi connectivity index (χ1n) is 9.38. The highest BCUT2D eigenvalue weighted by atomic mass is 32.1. The molecule has 3 N–H and O–H groups in total. The van der Waals surface area contributed by atoms with Crippen molar-refractivity contribution in [3.8, 4) is 28.3 Å². The van der Waals surface area contributed by atoms with E-state index in [9.17, 15) is 5.11 Å². The van der Waals surface area contributed by atoms with Crippen molar-refractivity contribution < 1.29 is 5.11 Å². The van der Waals surface area contributed by atoms with Gasteiger partial charge in [-0.25, -0.2) is 9.97 Å². The molecule has 6 heteroatoms. The molecule has 2 aromatic heterocycles. The molecule has 1 saturated heterocycles. The Bertz CT molecular complexity index is 1120. The first-order chi connectivity index (χ1) is 13.8. The lowest BCUT2D eigenvalue weighted by molar-refractivity contribution is 0.477. The maximum Gasteiger partial charge on any atom is 0.165 e. The molecule has 5 nitrogen and oxygen atoms in total. The van der Waals surface area contributed by atoms with E-state index in [2.05, 4.69) is 22.1 Å². The van der Waals surface area contributed by atoms with E-state index in [1.807, 2.05) is 41.8 Å². The minimum Gasteiger partial charge on any atom is -0.507 e. The molecule has 1 aliphatic heterocycles. The monoisotopic (exact) mass is 388 g/mol. The second-order valence-electron chi connectivity index (χ2n) is 6.99. The summed E-state index contributed by atoms with van der Waals surface area (Å²) in [5, 5.41) is 22.6. The summed E-state index contributed by atoms with van der Waals surface area (Å²) in [6, 6.07) is 16.0. The van der Waals surface area contributed by atoms with Crippen LogP contribution in [-0.4, -0.2) is 34.2 Å². The smallest absolute Gasteiger partial charge is 0.165 e. The van der Waals surface area contributed by atoms with Crippen LogP contribution in [0.2, 0.25) is 0 Å². The predicted octanol–water partition coefficient (Wildman–Crippen LogP) is 4.50. The van der Waals surface area contributed by atoms with Crippen LogP contribution in [-0.2, 0) is 0 Å². The lowest BCUT2D eigenvalue weighted by atomic mass is 10.0. The van der Waals surface area contributed by atoms with Gasteiger partial charge in [0.25, 0.3) is 0 Å². The Balaban J connectivity index is 1.63. The van der Waals surface area contributed by atoms with Crippen molar-refractivity contribution in [3.05, 3.63) is 59.3 Å². The van der Waals surface area contributed by atoms with Crippen LogP contribution in [0.3, 0.4) is 0 Å². The van der Waals surface area contributed by atoms with Crippen molar-refractivity contribution in [2.75, 3.05) is 18.4 Å². The van der Waals surface area contributed by atoms with E-state index in [0.717, 1.165) is 47.4 Å². The Morgan fingerprint density at radius 1 is 1.07 bits per heavy atom. The van der Waals surface area contributed by atoms with Crippen LogP contribution in [0.5, 0.6) is 5.75 Å². The second kappa shape index (κ2) is 7.22. The lowest BCUT2D eigenvalue weighted by Gasteiger charge is -2.16. The van der Waals surface area contributed by atoms with Crippen molar-refractivity contribution in [2.45, 2.75) is 12.5 Å². The zero-order chi connectivity index (χ0) is 18.9. The molecule has 0 radical (unpaired) electrons. The number of nitrogens with one attached hydrogen (secondary N) is 2. The number of phenolic OH excluding ortho intramolecular Hbond substituents is 1. The van der Waals surface area contributed by atoms with E-state index in [0.29, 0.717) is 17.4 Å². The van der Waals surface area contributed by atoms with Gasteiger partial charge in [0.15, 0.2) is 5.82 Å². The van der Waals surface area contributed by atoms with E-state index < -0.39 is 0 Å². The largest absolute Gasteiger partial charge is 0.507 e. The highest BCUT2D eigenvalue weighted by Crippen LogP contribution is 2.34. The average Bonchev–Trinajstić information content (AvgIpc) is 3.42. The number of benzene rings is 2. The highest BCUT2D eigenvalue weighted by molar-refractivity contribution is 7.08. The summed E-state index contributed by atoms with van der Waals surface area (Å²) in [5.74, 6) is 1.53. The number of fused-ring (bicyclic) bond motifs is 1. The van der Waals surface area contributed by atoms with Gasteiger partial charge in [0.05, 0.1) is 11.1 Å². The van der Waals surface area contributed by atoms with Gasteiger partial charge in [0.1, 0.15) is 11.6 Å². The van der Waals surface area contributed by atoms with E-state index >= 15 is 0 Å². The van der Waals surface area contributed by atoms with Crippen LogP contribution in [0.4, 0.5) is 5.82 Å². The van der Waals surface area contributed by atoms with Crippen LogP contribution in [0.1, 0.15) is 6.42 Å². The van der Waals surface area contributed by atoms with Crippen molar-refractivity contribution in [1.29, 1.82) is 0 Å². The number of para-hydroxylation sites is 1. The summed E-state index contributed by atoms with van der Waals surface area (Å²) < 4.78 is 0. The lowest BCUT2D eigenvalue weighted by Crippen LogP contribution is -2.23. The molecule has 0 saturated carbocycles. The maximum atomic E-state index is 10.5. The Labute approximate surface area is 167 Å². The van der Waals surface area contributed by atoms with Gasteiger partial charge in [-0.3, -0.25) is 0 Å². The van der Waals surface area contributed by atoms with Crippen LogP contribution in [0, 0.1) is 0 Å². The first kappa shape index (κ1) is 17.2. The molecule has 1 fully saturated rings. The molecule has 1 atom stereocenters. The third-order valence-electron chi connectivity index (χ3n) is 5.10. The van der Waals surface area contributed by atoms with Gasteiger partial charge in [0.2, 0.25) is 0 Å². The molecule has 2 aromatic carbocycles. The third-order valence-corrected chi connectivity index (χ3v) is 5.78. The van der Waals surface area contributed by atoms with Crippen molar-refractivity contribution in [3.63, 3.8) is 0 Å². The van der Waals surface area contributed by atoms with Crippen LogP contribution in [0.15, 0.2) is 59.3 Å². The van der Waals surface area contributed by atoms with Crippen molar-refractivity contribution in [2.24, 2.45) is 0 Å². The molecule has 4 aromatic rings. The molecular weight excluding hydrogens is 368 g/mol. The molecule has 0 amide bonds. The summed E-state index contributed by atoms with van der Waals surface area (Å²) >= 11 is 1.65. The zero-order valence-corrected chi connectivity index (χ0v) is 16.0. The number of thiophene rings is 1. The van der Waals surface area contributed by atoms with E-state index in [1.165, 1.54) is 0 Å². The number of aromatic nitrogens is 2. The molecule has 0 bridgehead atoms. The van der Waals surface area contributed by atoms with Crippen LogP contribution in [0.25, 0.3) is 33.4 Å². The van der Waals surface area contributed by atoms with Gasteiger partial charge in [-0.2, -0.15) is 11.3 Å². The SMILES string of the molecule is Oc1ccc(-c2ccsc2)cc1-c1nc(NC2CCNC2)c2ccccc2n1. The number of phenols is 1. The molecule has 1 aliphatic rings. The number of aromatic hydroxyl groups is 1. The normalized spacial score (nSPS) is 16.5. The second-order valence-corrected chi connectivity index (χ2v) is 7.77. The first-order valence-corrected chi connectivity index (χ1v) is 10.3. The van der Waals surface area contributed by atoms with Gasteiger partial charge in [0, 0.05) is 18.0 Å². The van der Waals surface area contributed by atoms with Gasteiger partial charge in [-0.15, -0.1) is 0 Å². The Morgan fingerprint density at radius 3 is 2.82 bits per heavy atom. The molecule has 1 unspecified atom stereocenters. The molecule has 0 spiro atoms. The highest BCUT2D eigenvalue weighted by Gasteiger charge is 2.18. The van der Waals surface area contributed by atoms with E-state index in [4.69, 9.17) is 9.97 Å². The summed E-state index contributed by atoms with van der Waals surface area (Å²) in [7, 11) is 0. The number of anilines is 1. The van der Waals surface area contributed by atoms with Crippen molar-refractivity contribution in [1.82, 2.24) is 15.3 Å². The number of hydrogen-bond donors (Lipinski definition) is 3. The summed E-state index contributed by atoms with van der Waals surface area (Å²) in [6.45, 7) is 1.93. The molecular formula is C22H20N4OS. The van der Waals surface area contributed by atoms with E-state index in [1.54, 1.807) is 17.4 Å². The number of hydrogen-bond acceptors (Lipinski definition) is 6. The molecule has 3 heterocycles. The Kier molecular flexibility index (Phi) is 4.43. The van der Waals surface area contributed by atoms with Crippen LogP contribution >= 0.6 is 11.3 Å². The summed E-state index contributed by atoms with van der Waals surface area (Å²) in [6.07, 6.45) is 1.06. The summed E-state index contributed by atoms with van der Waals surface area (Å²) in [5.41, 5.74) is 3.67. The fourth-order valence-electron chi connectivity index (χ4n) is 3.60. The minimum absolute atomic E-state index is 0.183. The third kappa shape index (κ3) is 3.21. The molecule has 140 valence electrons. The Hall–Kier alpha value is -2.96. The average molecular weight is 388 g/mol. The molecule has 0 aliphatic carbocycles. The van der Waals surface area contributed by atoms with Gasteiger partial charge < -0.3 is 15.7 Å². The van der Waals surface area contributed by atoms with Gasteiger partial charge >= 0.3 is 0 Å². The van der Waals surface area contributed by atoms with Crippen LogP contribution < -0.4 is 10.6 Å². The van der Waals surface area contributed by atoms with Crippen molar-refractivity contribution >= 4 is 28.1 Å². The molecule has 28 heavy (non-hydrogen) atoms. The molecule has 5 rings (SSSR count). The maximum absolute atomic E-state index is 10.5. The zero-order valence-electron chi connectivity index (χ0n) is 15.2. The Morgan fingerprint density at radius 2 is 2.00 bits per heavy atom. The number of rotatable bonds is 4. The summed E-state index contributed by atoms with van der Waals surface area (Å²) in [4.78, 5) is 9.55. The fourth-order valence-corrected chi connectivity index (χ4v) is 4.27. The standard InChI is InChI=1S/C22H20N4OS/c27-20-6-5-14(15-8-10-28-13-15)11-18(20)22-25-19-4-2-1-3-17(19)21(26-22)24-16-7-9-23-12-16/h1-6,8,10-11,13,16,23,27H,7,9,12H2,(H,24,25,26). The minimum atomic E-state index is 0.183. The van der Waals surface area contributed by atoms with Gasteiger partial charge in [-0.1, -0.05) is 18.2 Å². The quantitative estimate of drug-likeness (QED) is 0.480.